The summed E-state index contributed by atoms with van der Waals surface area (Å²) in [7, 11) is -3.64. The number of oxime groups is 1. The lowest BCUT2D eigenvalue weighted by Crippen LogP contribution is -2.51. The van der Waals surface area contributed by atoms with Crippen LogP contribution in [-0.4, -0.2) is 62.0 Å². The number of furan rings is 1. The van der Waals surface area contributed by atoms with Crippen LogP contribution >= 0.6 is 0 Å². The predicted octanol–water partition coefficient (Wildman–Crippen LogP) is 3.86. The zero-order valence-corrected chi connectivity index (χ0v) is 20.1. The SMILES string of the molecule is C/C(=N/OCC(=O)N1CCN(S(=O)(=O)c2ccc3ccccc3c2)CC1)c1cc2ccccc2o1. The molecular formula is C26H25N3O5S. The number of fused-ring (bicyclic) bond motifs is 2. The third-order valence-corrected chi connectivity index (χ3v) is 8.02. The minimum absolute atomic E-state index is 0.224. The second-order valence-electron chi connectivity index (χ2n) is 8.39. The number of nitrogens with zero attached hydrogens (tertiary/aromatic N) is 3. The summed E-state index contributed by atoms with van der Waals surface area (Å²) in [5.74, 6) is 0.333. The average Bonchev–Trinajstić information content (AvgIpc) is 3.33. The standard InChI is InChI=1S/C26H25N3O5S/c1-19(25-17-22-8-4-5-9-24(22)34-25)27-33-18-26(30)28-12-14-29(15-13-28)35(31,32)23-11-10-20-6-2-3-7-21(20)16-23/h2-11,16-17H,12-15,18H2,1H3/b27-19-. The molecule has 180 valence electrons. The molecule has 1 saturated heterocycles. The summed E-state index contributed by atoms with van der Waals surface area (Å²) < 4.78 is 33.4. The minimum atomic E-state index is -3.64. The van der Waals surface area contributed by atoms with E-state index in [-0.39, 0.29) is 30.5 Å². The van der Waals surface area contributed by atoms with Gasteiger partial charge < -0.3 is 14.2 Å². The Balaban J connectivity index is 1.16. The van der Waals surface area contributed by atoms with Gasteiger partial charge in [-0.15, -0.1) is 0 Å². The molecule has 0 aliphatic carbocycles. The second kappa shape index (κ2) is 9.52. The summed E-state index contributed by atoms with van der Waals surface area (Å²) in [6, 6.07) is 22.3. The van der Waals surface area contributed by atoms with Crippen LogP contribution in [0.25, 0.3) is 21.7 Å². The maximum Gasteiger partial charge on any atom is 0.263 e. The van der Waals surface area contributed by atoms with Gasteiger partial charge in [-0.25, -0.2) is 8.42 Å². The van der Waals surface area contributed by atoms with Crippen molar-refractivity contribution in [2.24, 2.45) is 5.16 Å². The third-order valence-electron chi connectivity index (χ3n) is 6.12. The lowest BCUT2D eigenvalue weighted by Gasteiger charge is -2.33. The first-order valence-corrected chi connectivity index (χ1v) is 12.8. The van der Waals surface area contributed by atoms with Gasteiger partial charge in [0, 0.05) is 31.6 Å². The zero-order chi connectivity index (χ0) is 24.4. The smallest absolute Gasteiger partial charge is 0.263 e. The van der Waals surface area contributed by atoms with Gasteiger partial charge >= 0.3 is 0 Å². The molecule has 1 fully saturated rings. The molecule has 1 amide bonds. The summed E-state index contributed by atoms with van der Waals surface area (Å²) in [5.41, 5.74) is 1.28. The average molecular weight is 492 g/mol. The van der Waals surface area contributed by atoms with Crippen LogP contribution in [0.4, 0.5) is 0 Å². The van der Waals surface area contributed by atoms with Gasteiger partial charge in [-0.05, 0) is 42.0 Å². The van der Waals surface area contributed by atoms with Crippen LogP contribution in [0.5, 0.6) is 0 Å². The lowest BCUT2D eigenvalue weighted by atomic mass is 10.1. The van der Waals surface area contributed by atoms with Gasteiger partial charge in [0.25, 0.3) is 5.91 Å². The van der Waals surface area contributed by atoms with Crippen molar-refractivity contribution in [3.63, 3.8) is 0 Å². The highest BCUT2D eigenvalue weighted by Crippen LogP contribution is 2.23. The Morgan fingerprint density at radius 3 is 2.34 bits per heavy atom. The van der Waals surface area contributed by atoms with Crippen LogP contribution in [0, 0.1) is 0 Å². The lowest BCUT2D eigenvalue weighted by molar-refractivity contribution is -0.137. The number of carbonyl (C=O) groups is 1. The Labute approximate surface area is 203 Å². The molecule has 3 aromatic carbocycles. The highest BCUT2D eigenvalue weighted by molar-refractivity contribution is 7.89. The van der Waals surface area contributed by atoms with Crippen LogP contribution in [0.15, 0.2) is 87.3 Å². The van der Waals surface area contributed by atoms with E-state index < -0.39 is 10.0 Å². The number of sulfonamides is 1. The van der Waals surface area contributed by atoms with Crippen LogP contribution in [0.3, 0.4) is 0 Å². The Hall–Kier alpha value is -3.69. The molecule has 9 heteroatoms. The highest BCUT2D eigenvalue weighted by atomic mass is 32.2. The first kappa shape index (κ1) is 23.1. The summed E-state index contributed by atoms with van der Waals surface area (Å²) in [6.45, 7) is 2.56. The second-order valence-corrected chi connectivity index (χ2v) is 10.3. The first-order chi connectivity index (χ1) is 16.9. The molecule has 35 heavy (non-hydrogen) atoms. The molecule has 0 bridgehead atoms. The Morgan fingerprint density at radius 1 is 0.914 bits per heavy atom. The van der Waals surface area contributed by atoms with Crippen LogP contribution in [0.2, 0.25) is 0 Å². The predicted molar refractivity (Wildman–Crippen MR) is 134 cm³/mol. The first-order valence-electron chi connectivity index (χ1n) is 11.3. The number of hydrogen-bond donors (Lipinski definition) is 0. The molecule has 0 unspecified atom stereocenters. The van der Waals surface area contributed by atoms with Gasteiger partial charge in [0.2, 0.25) is 10.0 Å². The van der Waals surface area contributed by atoms with Crippen molar-refractivity contribution in [2.75, 3.05) is 32.8 Å². The summed E-state index contributed by atoms with van der Waals surface area (Å²) in [4.78, 5) is 19.7. The number of carbonyl (C=O) groups excluding carboxylic acids is 1. The van der Waals surface area contributed by atoms with E-state index in [1.54, 1.807) is 24.0 Å². The minimum Gasteiger partial charge on any atom is -0.455 e. The van der Waals surface area contributed by atoms with Gasteiger partial charge in [0.15, 0.2) is 12.4 Å². The fourth-order valence-corrected chi connectivity index (χ4v) is 5.59. The monoisotopic (exact) mass is 491 g/mol. The Kier molecular flexibility index (Phi) is 6.27. The number of piperazine rings is 1. The van der Waals surface area contributed by atoms with Crippen LogP contribution in [0.1, 0.15) is 12.7 Å². The molecule has 8 nitrogen and oxygen atoms in total. The van der Waals surface area contributed by atoms with Gasteiger partial charge in [-0.1, -0.05) is 53.7 Å². The van der Waals surface area contributed by atoms with E-state index in [1.807, 2.05) is 60.7 Å². The summed E-state index contributed by atoms with van der Waals surface area (Å²) >= 11 is 0. The zero-order valence-electron chi connectivity index (χ0n) is 19.3. The van der Waals surface area contributed by atoms with Crippen molar-refractivity contribution in [1.29, 1.82) is 0 Å². The van der Waals surface area contributed by atoms with Crippen molar-refractivity contribution in [3.8, 4) is 0 Å². The summed E-state index contributed by atoms with van der Waals surface area (Å²) in [6.07, 6.45) is 0. The van der Waals surface area contributed by atoms with Gasteiger partial charge in [0.05, 0.1) is 4.90 Å². The highest BCUT2D eigenvalue weighted by Gasteiger charge is 2.30. The molecule has 0 spiro atoms. The molecular weight excluding hydrogens is 466 g/mol. The van der Waals surface area contributed by atoms with E-state index >= 15 is 0 Å². The fourth-order valence-electron chi connectivity index (χ4n) is 4.14. The van der Waals surface area contributed by atoms with Crippen molar-refractivity contribution >= 4 is 43.4 Å². The molecule has 0 saturated carbocycles. The Bertz CT molecular complexity index is 1490. The molecule has 4 aromatic rings. The number of benzene rings is 3. The van der Waals surface area contributed by atoms with Gasteiger partial charge in [-0.2, -0.15) is 4.31 Å². The van der Waals surface area contributed by atoms with E-state index in [0.717, 1.165) is 21.7 Å². The molecule has 1 aliphatic heterocycles. The van der Waals surface area contributed by atoms with Crippen molar-refractivity contribution < 1.29 is 22.5 Å². The van der Waals surface area contributed by atoms with Gasteiger partial charge in [0.1, 0.15) is 11.3 Å². The van der Waals surface area contributed by atoms with Crippen molar-refractivity contribution in [3.05, 3.63) is 78.6 Å². The van der Waals surface area contributed by atoms with Crippen molar-refractivity contribution in [2.45, 2.75) is 11.8 Å². The molecule has 0 atom stereocenters. The van der Waals surface area contributed by atoms with E-state index in [9.17, 15) is 13.2 Å². The molecule has 2 heterocycles. The Morgan fingerprint density at radius 2 is 1.60 bits per heavy atom. The van der Waals surface area contributed by atoms with Gasteiger partial charge in [-0.3, -0.25) is 4.79 Å². The number of para-hydroxylation sites is 1. The molecule has 0 radical (unpaired) electrons. The molecule has 1 aromatic heterocycles. The molecule has 5 rings (SSSR count). The van der Waals surface area contributed by atoms with Crippen molar-refractivity contribution in [1.82, 2.24) is 9.21 Å². The largest absolute Gasteiger partial charge is 0.455 e. The van der Waals surface area contributed by atoms with E-state index in [1.165, 1.54) is 4.31 Å². The van der Waals surface area contributed by atoms with Crippen LogP contribution in [-0.2, 0) is 19.7 Å². The normalized spacial score (nSPS) is 15.6. The fraction of sp³-hybridized carbons (Fsp3) is 0.231. The maximum atomic E-state index is 13.1. The third kappa shape index (κ3) is 4.78. The van der Waals surface area contributed by atoms with E-state index in [0.29, 0.717) is 24.6 Å². The topological polar surface area (TPSA) is 92.4 Å². The molecule has 0 N–H and O–H groups in total. The number of hydrogen-bond acceptors (Lipinski definition) is 6. The van der Waals surface area contributed by atoms with E-state index in [4.69, 9.17) is 9.25 Å². The maximum absolute atomic E-state index is 13.1. The number of rotatable bonds is 6. The van der Waals surface area contributed by atoms with Crippen LogP contribution < -0.4 is 0 Å². The quantitative estimate of drug-likeness (QED) is 0.302. The van der Waals surface area contributed by atoms with E-state index in [2.05, 4.69) is 5.16 Å². The summed E-state index contributed by atoms with van der Waals surface area (Å²) in [5, 5.41) is 6.83. The molecule has 1 aliphatic rings. The number of amides is 1.